The molecule has 0 spiro atoms. The third-order valence-corrected chi connectivity index (χ3v) is 7.29. The lowest BCUT2D eigenvalue weighted by atomic mass is 10.1. The predicted octanol–water partition coefficient (Wildman–Crippen LogP) is 4.82. The van der Waals surface area contributed by atoms with E-state index in [2.05, 4.69) is 5.32 Å². The smallest absolute Gasteiger partial charge is 0.265 e. The minimum Gasteiger partial charge on any atom is -0.495 e. The summed E-state index contributed by atoms with van der Waals surface area (Å²) in [6.45, 7) is 3.28. The molecule has 35 heavy (non-hydrogen) atoms. The Morgan fingerprint density at radius 1 is 0.886 bits per heavy atom. The van der Waals surface area contributed by atoms with Gasteiger partial charge in [0.15, 0.2) is 11.5 Å². The molecule has 0 saturated heterocycles. The molecule has 3 aromatic rings. The normalized spacial score (nSPS) is 11.0. The summed E-state index contributed by atoms with van der Waals surface area (Å²) in [7, 11) is -0.00343. The van der Waals surface area contributed by atoms with E-state index in [-0.39, 0.29) is 27.1 Å². The van der Waals surface area contributed by atoms with E-state index < -0.39 is 22.5 Å². The fourth-order valence-corrected chi connectivity index (χ4v) is 5.14. The van der Waals surface area contributed by atoms with Gasteiger partial charge in [-0.25, -0.2) is 8.42 Å². The van der Waals surface area contributed by atoms with Gasteiger partial charge in [0.1, 0.15) is 12.3 Å². The van der Waals surface area contributed by atoms with Gasteiger partial charge in [-0.15, -0.1) is 0 Å². The molecule has 0 radical (unpaired) electrons. The number of carbonyl (C=O) groups excluding carboxylic acids is 1. The molecule has 0 aliphatic heterocycles. The van der Waals surface area contributed by atoms with Crippen molar-refractivity contribution in [3.63, 3.8) is 0 Å². The summed E-state index contributed by atoms with van der Waals surface area (Å²) in [6.07, 6.45) is 0. The highest BCUT2D eigenvalue weighted by molar-refractivity contribution is 7.92. The molecule has 186 valence electrons. The maximum absolute atomic E-state index is 13.8. The molecule has 1 N–H and O–H groups in total. The monoisotopic (exact) mass is 518 g/mol. The highest BCUT2D eigenvalue weighted by Gasteiger charge is 2.31. The van der Waals surface area contributed by atoms with Crippen LogP contribution in [0, 0.1) is 13.8 Å². The molecule has 0 heterocycles. The largest absolute Gasteiger partial charge is 0.495 e. The van der Waals surface area contributed by atoms with Crippen molar-refractivity contribution in [2.45, 2.75) is 18.7 Å². The molecule has 0 saturated carbocycles. The van der Waals surface area contributed by atoms with Crippen LogP contribution in [-0.4, -0.2) is 42.2 Å². The quantitative estimate of drug-likeness (QED) is 0.436. The molecule has 1 amide bonds. The zero-order chi connectivity index (χ0) is 25.8. The fourth-order valence-electron chi connectivity index (χ4n) is 3.54. The van der Waals surface area contributed by atoms with Crippen molar-refractivity contribution >= 4 is 38.9 Å². The van der Waals surface area contributed by atoms with Crippen molar-refractivity contribution in [1.29, 1.82) is 0 Å². The standard InChI is InChI=1S/C25H27ClN2O6S/c1-16-6-9-20(17(2)12-16)27-25(29)15-28(21-13-18(26)7-10-22(21)32-3)35(30,31)19-8-11-23(33-4)24(14-19)34-5/h6-14H,15H2,1-5H3,(H,27,29). The van der Waals surface area contributed by atoms with Gasteiger partial charge in [0, 0.05) is 16.8 Å². The number of anilines is 2. The second-order valence-corrected chi connectivity index (χ2v) is 10.0. The van der Waals surface area contributed by atoms with E-state index in [1.165, 1.54) is 51.7 Å². The number of hydrogen-bond donors (Lipinski definition) is 1. The van der Waals surface area contributed by atoms with Crippen LogP contribution in [0.15, 0.2) is 59.5 Å². The Hall–Kier alpha value is -3.43. The highest BCUT2D eigenvalue weighted by atomic mass is 35.5. The second kappa shape index (κ2) is 10.9. The molecule has 0 atom stereocenters. The van der Waals surface area contributed by atoms with Gasteiger partial charge in [-0.2, -0.15) is 0 Å². The van der Waals surface area contributed by atoms with Crippen LogP contribution in [-0.2, 0) is 14.8 Å². The highest BCUT2D eigenvalue weighted by Crippen LogP contribution is 2.37. The van der Waals surface area contributed by atoms with Gasteiger partial charge in [-0.3, -0.25) is 9.10 Å². The minimum atomic E-state index is -4.27. The zero-order valence-corrected chi connectivity index (χ0v) is 21.7. The second-order valence-electron chi connectivity index (χ2n) is 7.71. The van der Waals surface area contributed by atoms with E-state index in [0.29, 0.717) is 11.4 Å². The molecule has 3 aromatic carbocycles. The molecule has 0 fully saturated rings. The first-order valence-electron chi connectivity index (χ1n) is 10.6. The van der Waals surface area contributed by atoms with Crippen LogP contribution in [0.4, 0.5) is 11.4 Å². The van der Waals surface area contributed by atoms with Gasteiger partial charge < -0.3 is 19.5 Å². The molecule has 0 bridgehead atoms. The number of aryl methyl sites for hydroxylation is 2. The third kappa shape index (κ3) is 5.80. The Morgan fingerprint density at radius 3 is 2.17 bits per heavy atom. The van der Waals surface area contributed by atoms with E-state index in [9.17, 15) is 13.2 Å². The number of hydrogen-bond acceptors (Lipinski definition) is 6. The number of sulfonamides is 1. The molecule has 0 aliphatic rings. The van der Waals surface area contributed by atoms with E-state index in [4.69, 9.17) is 25.8 Å². The summed E-state index contributed by atoms with van der Waals surface area (Å²) in [5, 5.41) is 3.07. The van der Waals surface area contributed by atoms with Crippen molar-refractivity contribution in [1.82, 2.24) is 0 Å². The number of halogens is 1. The summed E-state index contributed by atoms with van der Waals surface area (Å²) >= 11 is 6.19. The molecular formula is C25H27ClN2O6S. The van der Waals surface area contributed by atoms with Gasteiger partial charge >= 0.3 is 0 Å². The minimum absolute atomic E-state index is 0.100. The number of benzene rings is 3. The summed E-state index contributed by atoms with van der Waals surface area (Å²) in [5.41, 5.74) is 2.60. The Balaban J connectivity index is 2.08. The van der Waals surface area contributed by atoms with Crippen molar-refractivity contribution in [2.75, 3.05) is 37.5 Å². The molecule has 10 heteroatoms. The Bertz CT molecular complexity index is 1340. The van der Waals surface area contributed by atoms with Crippen LogP contribution in [0.2, 0.25) is 5.02 Å². The summed E-state index contributed by atoms with van der Waals surface area (Å²) in [4.78, 5) is 13.0. The topological polar surface area (TPSA) is 94.2 Å². The SMILES string of the molecule is COc1ccc(S(=O)(=O)N(CC(=O)Nc2ccc(C)cc2C)c2cc(Cl)ccc2OC)cc1OC. The number of ether oxygens (including phenoxy) is 3. The first-order valence-corrected chi connectivity index (χ1v) is 12.4. The van der Waals surface area contributed by atoms with Gasteiger partial charge in [0.2, 0.25) is 5.91 Å². The van der Waals surface area contributed by atoms with Crippen molar-refractivity contribution < 1.29 is 27.4 Å². The van der Waals surface area contributed by atoms with Crippen LogP contribution in [0.25, 0.3) is 0 Å². The molecule has 3 rings (SSSR count). The maximum atomic E-state index is 13.8. The maximum Gasteiger partial charge on any atom is 0.265 e. The van der Waals surface area contributed by atoms with Gasteiger partial charge in [-0.1, -0.05) is 29.3 Å². The first-order chi connectivity index (χ1) is 16.6. The number of rotatable bonds is 9. The van der Waals surface area contributed by atoms with E-state index in [1.54, 1.807) is 12.1 Å². The van der Waals surface area contributed by atoms with E-state index >= 15 is 0 Å². The van der Waals surface area contributed by atoms with Gasteiger partial charge in [0.05, 0.1) is 31.9 Å². The number of methoxy groups -OCH3 is 3. The summed E-state index contributed by atoms with van der Waals surface area (Å²) in [6, 6.07) is 14.3. The Kier molecular flexibility index (Phi) is 8.14. The van der Waals surface area contributed by atoms with Crippen LogP contribution < -0.4 is 23.8 Å². The van der Waals surface area contributed by atoms with Crippen LogP contribution in [0.3, 0.4) is 0 Å². The Labute approximate surface area is 210 Å². The average Bonchev–Trinajstić information content (AvgIpc) is 2.83. The number of nitrogens with zero attached hydrogens (tertiary/aromatic N) is 1. The third-order valence-electron chi connectivity index (χ3n) is 5.30. The van der Waals surface area contributed by atoms with E-state index in [1.807, 2.05) is 26.0 Å². The van der Waals surface area contributed by atoms with Crippen LogP contribution in [0.5, 0.6) is 17.2 Å². The number of amides is 1. The lowest BCUT2D eigenvalue weighted by Crippen LogP contribution is -2.38. The van der Waals surface area contributed by atoms with Crippen molar-refractivity contribution in [3.8, 4) is 17.2 Å². The molecular weight excluding hydrogens is 492 g/mol. The summed E-state index contributed by atoms with van der Waals surface area (Å²) in [5.74, 6) is 0.290. The van der Waals surface area contributed by atoms with Gasteiger partial charge in [-0.05, 0) is 55.8 Å². The van der Waals surface area contributed by atoms with Crippen LogP contribution >= 0.6 is 11.6 Å². The lowest BCUT2D eigenvalue weighted by Gasteiger charge is -2.26. The van der Waals surface area contributed by atoms with E-state index in [0.717, 1.165) is 15.4 Å². The predicted molar refractivity (Wildman–Crippen MR) is 137 cm³/mol. The van der Waals surface area contributed by atoms with Crippen molar-refractivity contribution in [3.05, 3.63) is 70.7 Å². The first kappa shape index (κ1) is 26.2. The average molecular weight is 519 g/mol. The molecule has 0 unspecified atom stereocenters. The fraction of sp³-hybridized carbons (Fsp3) is 0.240. The summed E-state index contributed by atoms with van der Waals surface area (Å²) < 4.78 is 44.5. The van der Waals surface area contributed by atoms with Gasteiger partial charge in [0.25, 0.3) is 10.0 Å². The molecule has 8 nitrogen and oxygen atoms in total. The van der Waals surface area contributed by atoms with Crippen LogP contribution in [0.1, 0.15) is 11.1 Å². The molecule has 0 aliphatic carbocycles. The number of nitrogens with one attached hydrogen (secondary N) is 1. The number of carbonyl (C=O) groups is 1. The Morgan fingerprint density at radius 2 is 1.54 bits per heavy atom. The molecule has 0 aromatic heterocycles. The van der Waals surface area contributed by atoms with Crippen molar-refractivity contribution in [2.24, 2.45) is 0 Å². The lowest BCUT2D eigenvalue weighted by molar-refractivity contribution is -0.114. The zero-order valence-electron chi connectivity index (χ0n) is 20.1.